The van der Waals surface area contributed by atoms with Crippen LogP contribution in [0.2, 0.25) is 0 Å². The lowest BCUT2D eigenvalue weighted by atomic mass is 10.0. The molecular weight excluding hydrogens is 446 g/mol. The van der Waals surface area contributed by atoms with Gasteiger partial charge in [0, 0.05) is 13.1 Å². The molecule has 0 aliphatic carbocycles. The first-order chi connectivity index (χ1) is 15.8. The third-order valence-electron chi connectivity index (χ3n) is 5.72. The number of nitrogens with one attached hydrogen (secondary N) is 1. The van der Waals surface area contributed by atoms with E-state index < -0.39 is 10.0 Å². The maximum atomic E-state index is 12.9. The van der Waals surface area contributed by atoms with Crippen molar-refractivity contribution in [2.24, 2.45) is 0 Å². The average Bonchev–Trinajstić information content (AvgIpc) is 3.22. The molecule has 1 aliphatic heterocycles. The summed E-state index contributed by atoms with van der Waals surface area (Å²) in [5.41, 5.74) is 4.16. The lowest BCUT2D eigenvalue weighted by molar-refractivity contribution is -0.127. The number of amides is 1. The first kappa shape index (κ1) is 23.1. The monoisotopic (exact) mass is 473 g/mol. The molecule has 2 aromatic carbocycles. The van der Waals surface area contributed by atoms with Crippen molar-refractivity contribution in [3.63, 3.8) is 0 Å². The van der Waals surface area contributed by atoms with Gasteiger partial charge >= 0.3 is 0 Å². The summed E-state index contributed by atoms with van der Waals surface area (Å²) >= 11 is 0. The third-order valence-corrected chi connectivity index (χ3v) is 7.62. The van der Waals surface area contributed by atoms with Crippen molar-refractivity contribution in [3.05, 3.63) is 53.1 Å². The molecule has 1 saturated heterocycles. The zero-order valence-electron chi connectivity index (χ0n) is 18.8. The van der Waals surface area contributed by atoms with Gasteiger partial charge in [0.15, 0.2) is 6.61 Å². The summed E-state index contributed by atoms with van der Waals surface area (Å²) < 4.78 is 32.5. The molecule has 1 atom stereocenters. The van der Waals surface area contributed by atoms with Gasteiger partial charge in [-0.2, -0.15) is 4.31 Å². The zero-order valence-corrected chi connectivity index (χ0v) is 19.6. The quantitative estimate of drug-likeness (QED) is 0.551. The van der Waals surface area contributed by atoms with Gasteiger partial charge in [-0.15, -0.1) is 5.10 Å². The van der Waals surface area contributed by atoms with E-state index in [1.54, 1.807) is 6.07 Å². The van der Waals surface area contributed by atoms with E-state index in [2.05, 4.69) is 15.6 Å². The highest BCUT2D eigenvalue weighted by Crippen LogP contribution is 2.21. The molecule has 0 radical (unpaired) electrons. The molecule has 33 heavy (non-hydrogen) atoms. The van der Waals surface area contributed by atoms with Gasteiger partial charge in [-0.3, -0.25) is 4.79 Å². The Morgan fingerprint density at radius 3 is 2.64 bits per heavy atom. The highest BCUT2D eigenvalue weighted by molar-refractivity contribution is 7.89. The van der Waals surface area contributed by atoms with Crippen LogP contribution in [-0.4, -0.2) is 66.7 Å². The predicted octanol–water partition coefficient (Wildman–Crippen LogP) is 1.38. The number of morpholine rings is 1. The van der Waals surface area contributed by atoms with E-state index in [0.717, 1.165) is 16.0 Å². The number of aromatic nitrogens is 3. The SMILES string of the molecule is Cc1ccc(C(C)NC(=O)COn2nnc3ccc(S(=O)(=O)N4CCOCC4)cc32)cc1C. The molecule has 11 heteroatoms. The van der Waals surface area contributed by atoms with Gasteiger partial charge in [0.1, 0.15) is 11.0 Å². The number of benzene rings is 2. The van der Waals surface area contributed by atoms with Crippen molar-refractivity contribution in [3.8, 4) is 0 Å². The number of carbonyl (C=O) groups is 1. The Balaban J connectivity index is 1.44. The first-order valence-electron chi connectivity index (χ1n) is 10.7. The first-order valence-corrected chi connectivity index (χ1v) is 12.1. The lowest BCUT2D eigenvalue weighted by Crippen LogP contribution is -2.40. The van der Waals surface area contributed by atoms with Crippen molar-refractivity contribution in [1.82, 2.24) is 24.8 Å². The van der Waals surface area contributed by atoms with E-state index in [4.69, 9.17) is 9.57 Å². The van der Waals surface area contributed by atoms with Crippen LogP contribution in [0.15, 0.2) is 41.3 Å². The normalized spacial score (nSPS) is 16.0. The second kappa shape index (κ2) is 9.46. The molecule has 0 bridgehead atoms. The van der Waals surface area contributed by atoms with Gasteiger partial charge in [0.25, 0.3) is 5.91 Å². The number of carbonyl (C=O) groups excluding carboxylic acids is 1. The fourth-order valence-electron chi connectivity index (χ4n) is 3.59. The topological polar surface area (TPSA) is 116 Å². The molecule has 4 rings (SSSR count). The maximum absolute atomic E-state index is 12.9. The molecule has 10 nitrogen and oxygen atoms in total. The molecule has 176 valence electrons. The van der Waals surface area contributed by atoms with Crippen molar-refractivity contribution in [2.75, 3.05) is 32.9 Å². The summed E-state index contributed by atoms with van der Waals surface area (Å²) in [4.78, 5) is 19.1. The van der Waals surface area contributed by atoms with E-state index in [0.29, 0.717) is 37.3 Å². The number of aryl methyl sites for hydroxylation is 2. The Labute approximate surface area is 192 Å². The van der Waals surface area contributed by atoms with Gasteiger partial charge in [0.05, 0.1) is 24.2 Å². The van der Waals surface area contributed by atoms with Gasteiger partial charge in [-0.1, -0.05) is 23.0 Å². The molecular formula is C22H27N5O5S. The second-order valence-electron chi connectivity index (χ2n) is 8.04. The zero-order chi connectivity index (χ0) is 23.6. The summed E-state index contributed by atoms with van der Waals surface area (Å²) in [7, 11) is -3.68. The number of nitrogens with zero attached hydrogens (tertiary/aromatic N) is 4. The smallest absolute Gasteiger partial charge is 0.261 e. The summed E-state index contributed by atoms with van der Waals surface area (Å²) in [6.45, 7) is 6.99. The summed E-state index contributed by atoms with van der Waals surface area (Å²) in [6, 6.07) is 10.4. The van der Waals surface area contributed by atoms with Crippen LogP contribution in [0.4, 0.5) is 0 Å². The lowest BCUT2D eigenvalue weighted by Gasteiger charge is -2.26. The van der Waals surface area contributed by atoms with Crippen LogP contribution in [-0.2, 0) is 19.6 Å². The number of hydrogen-bond acceptors (Lipinski definition) is 7. The van der Waals surface area contributed by atoms with Gasteiger partial charge in [-0.05, 0) is 60.9 Å². The number of hydrogen-bond donors (Lipinski definition) is 1. The number of sulfonamides is 1. The largest absolute Gasteiger partial charge is 0.385 e. The number of ether oxygens (including phenoxy) is 1. The fourth-order valence-corrected chi connectivity index (χ4v) is 5.02. The highest BCUT2D eigenvalue weighted by Gasteiger charge is 2.27. The summed E-state index contributed by atoms with van der Waals surface area (Å²) in [5, 5.41) is 10.8. The van der Waals surface area contributed by atoms with Crippen molar-refractivity contribution in [2.45, 2.75) is 31.7 Å². The summed E-state index contributed by atoms with van der Waals surface area (Å²) in [6.07, 6.45) is 0. The molecule has 1 unspecified atom stereocenters. The van der Waals surface area contributed by atoms with Crippen LogP contribution in [0.1, 0.15) is 29.7 Å². The van der Waals surface area contributed by atoms with E-state index >= 15 is 0 Å². The van der Waals surface area contributed by atoms with Gasteiger partial charge < -0.3 is 14.9 Å². The van der Waals surface area contributed by atoms with Crippen molar-refractivity contribution < 1.29 is 22.8 Å². The van der Waals surface area contributed by atoms with Crippen molar-refractivity contribution >= 4 is 27.0 Å². The fraction of sp³-hybridized carbons (Fsp3) is 0.409. The van der Waals surface area contributed by atoms with Crippen molar-refractivity contribution in [1.29, 1.82) is 0 Å². The van der Waals surface area contributed by atoms with E-state index in [1.165, 1.54) is 22.0 Å². The molecule has 1 aliphatic rings. The summed E-state index contributed by atoms with van der Waals surface area (Å²) in [5.74, 6) is -0.332. The Morgan fingerprint density at radius 1 is 1.15 bits per heavy atom. The molecule has 1 fully saturated rings. The Hall–Kier alpha value is -3.02. The minimum absolute atomic E-state index is 0.108. The van der Waals surface area contributed by atoms with E-state index in [1.807, 2.05) is 39.0 Å². The van der Waals surface area contributed by atoms with Crippen LogP contribution in [0, 0.1) is 13.8 Å². The van der Waals surface area contributed by atoms with E-state index in [-0.39, 0.29) is 23.5 Å². The Bertz CT molecular complexity index is 1270. The maximum Gasteiger partial charge on any atom is 0.261 e. The minimum Gasteiger partial charge on any atom is -0.385 e. The molecule has 1 amide bonds. The molecule has 1 aromatic heterocycles. The molecule has 0 saturated carbocycles. The van der Waals surface area contributed by atoms with Crippen LogP contribution in [0.5, 0.6) is 0 Å². The molecule has 2 heterocycles. The molecule has 3 aromatic rings. The highest BCUT2D eigenvalue weighted by atomic mass is 32.2. The van der Waals surface area contributed by atoms with Crippen LogP contribution in [0.25, 0.3) is 11.0 Å². The van der Waals surface area contributed by atoms with Crippen LogP contribution < -0.4 is 10.2 Å². The Morgan fingerprint density at radius 2 is 1.91 bits per heavy atom. The average molecular weight is 474 g/mol. The van der Waals surface area contributed by atoms with Crippen LogP contribution in [0.3, 0.4) is 0 Å². The third kappa shape index (κ3) is 5.00. The van der Waals surface area contributed by atoms with Gasteiger partial charge in [0.2, 0.25) is 10.0 Å². The Kier molecular flexibility index (Phi) is 6.63. The molecule has 0 spiro atoms. The number of rotatable bonds is 7. The number of fused-ring (bicyclic) bond motifs is 1. The standard InChI is InChI=1S/C22H27N5O5S/c1-15-4-5-18(12-16(15)2)17(3)23-22(28)14-32-27-21-13-19(6-7-20(21)24-25-27)33(29,30)26-8-10-31-11-9-26/h4-7,12-13,17H,8-11,14H2,1-3H3,(H,23,28). The second-order valence-corrected chi connectivity index (χ2v) is 9.97. The van der Waals surface area contributed by atoms with E-state index in [9.17, 15) is 13.2 Å². The minimum atomic E-state index is -3.68. The van der Waals surface area contributed by atoms with Crippen LogP contribution >= 0.6 is 0 Å². The predicted molar refractivity (Wildman–Crippen MR) is 121 cm³/mol. The van der Waals surface area contributed by atoms with Gasteiger partial charge in [-0.25, -0.2) is 8.42 Å². The molecule has 1 N–H and O–H groups in total.